The zero-order chi connectivity index (χ0) is 19.2. The van der Waals surface area contributed by atoms with Crippen LogP contribution in [0.1, 0.15) is 18.4 Å². The number of anilines is 2. The van der Waals surface area contributed by atoms with Gasteiger partial charge in [0.15, 0.2) is 0 Å². The Bertz CT molecular complexity index is 743. The smallest absolute Gasteiger partial charge is 0.227 e. The van der Waals surface area contributed by atoms with E-state index in [0.717, 1.165) is 70.5 Å². The van der Waals surface area contributed by atoms with Crippen LogP contribution in [-0.2, 0) is 11.3 Å². The molecule has 2 aliphatic heterocycles. The Labute approximate surface area is 171 Å². The van der Waals surface area contributed by atoms with Crippen LogP contribution in [0.15, 0.2) is 41.4 Å². The summed E-state index contributed by atoms with van der Waals surface area (Å²) >= 11 is 1.79. The molecule has 0 aliphatic carbocycles. The largest absolute Gasteiger partial charge is 0.378 e. The minimum absolute atomic E-state index is 0.475. The summed E-state index contributed by atoms with van der Waals surface area (Å²) in [6.07, 6.45) is 6.25. The number of thioether (sulfide) groups is 1. The van der Waals surface area contributed by atoms with Crippen LogP contribution in [0.4, 0.5) is 11.8 Å². The molecular formula is C21H29N5OS. The Hall–Kier alpha value is -1.83. The Morgan fingerprint density at radius 3 is 2.54 bits per heavy atom. The number of hydrogen-bond donors (Lipinski definition) is 1. The van der Waals surface area contributed by atoms with Crippen LogP contribution >= 0.6 is 11.8 Å². The molecule has 0 spiro atoms. The van der Waals surface area contributed by atoms with Crippen LogP contribution < -0.4 is 10.2 Å². The Kier molecular flexibility index (Phi) is 6.67. The molecule has 28 heavy (non-hydrogen) atoms. The van der Waals surface area contributed by atoms with Gasteiger partial charge in [-0.1, -0.05) is 12.1 Å². The third-order valence-electron chi connectivity index (χ3n) is 5.44. The van der Waals surface area contributed by atoms with Gasteiger partial charge in [-0.25, -0.2) is 4.98 Å². The van der Waals surface area contributed by atoms with Gasteiger partial charge >= 0.3 is 0 Å². The fraction of sp³-hybridized carbons (Fsp3) is 0.524. The van der Waals surface area contributed by atoms with Gasteiger partial charge in [0.1, 0.15) is 5.82 Å². The van der Waals surface area contributed by atoms with Gasteiger partial charge in [0.05, 0.1) is 13.2 Å². The molecule has 2 fully saturated rings. The summed E-state index contributed by atoms with van der Waals surface area (Å²) in [6, 6.07) is 11.4. The number of piperidine rings is 1. The van der Waals surface area contributed by atoms with E-state index in [1.807, 2.05) is 12.3 Å². The van der Waals surface area contributed by atoms with Crippen molar-refractivity contribution >= 4 is 23.5 Å². The summed E-state index contributed by atoms with van der Waals surface area (Å²) in [7, 11) is 0. The van der Waals surface area contributed by atoms with Gasteiger partial charge < -0.3 is 15.0 Å². The zero-order valence-corrected chi connectivity index (χ0v) is 17.3. The lowest BCUT2D eigenvalue weighted by molar-refractivity contribution is 0.122. The molecule has 7 heteroatoms. The molecule has 0 amide bonds. The first-order chi connectivity index (χ1) is 13.8. The second kappa shape index (κ2) is 9.58. The molecule has 150 valence electrons. The van der Waals surface area contributed by atoms with E-state index in [9.17, 15) is 0 Å². The highest BCUT2D eigenvalue weighted by Gasteiger charge is 2.20. The quantitative estimate of drug-likeness (QED) is 0.749. The predicted octanol–water partition coefficient (Wildman–Crippen LogP) is 3.11. The number of rotatable bonds is 6. The highest BCUT2D eigenvalue weighted by molar-refractivity contribution is 7.98. The lowest BCUT2D eigenvalue weighted by Crippen LogP contribution is -2.39. The summed E-state index contributed by atoms with van der Waals surface area (Å²) in [5.41, 5.74) is 1.40. The summed E-state index contributed by atoms with van der Waals surface area (Å²) in [5, 5.41) is 3.62. The van der Waals surface area contributed by atoms with E-state index in [-0.39, 0.29) is 0 Å². The molecule has 1 aromatic carbocycles. The molecule has 2 aliphatic rings. The van der Waals surface area contributed by atoms with Gasteiger partial charge in [0.2, 0.25) is 5.95 Å². The van der Waals surface area contributed by atoms with E-state index in [4.69, 9.17) is 9.72 Å². The lowest BCUT2D eigenvalue weighted by atomic mass is 10.0. The van der Waals surface area contributed by atoms with Crippen molar-refractivity contribution in [3.8, 4) is 0 Å². The number of benzene rings is 1. The van der Waals surface area contributed by atoms with E-state index in [2.05, 4.69) is 50.6 Å². The van der Waals surface area contributed by atoms with Crippen LogP contribution in [0.25, 0.3) is 0 Å². The van der Waals surface area contributed by atoms with Gasteiger partial charge in [-0.15, -0.1) is 11.8 Å². The number of nitrogens with zero attached hydrogens (tertiary/aromatic N) is 4. The predicted molar refractivity (Wildman–Crippen MR) is 115 cm³/mol. The summed E-state index contributed by atoms with van der Waals surface area (Å²) in [5.74, 6) is 1.74. The number of likely N-dealkylation sites (tertiary alicyclic amines) is 1. The van der Waals surface area contributed by atoms with E-state index in [1.54, 1.807) is 11.8 Å². The zero-order valence-electron chi connectivity index (χ0n) is 16.5. The molecule has 3 heterocycles. The maximum Gasteiger partial charge on any atom is 0.227 e. The number of hydrogen-bond acceptors (Lipinski definition) is 7. The van der Waals surface area contributed by atoms with Crippen molar-refractivity contribution in [3.63, 3.8) is 0 Å². The monoisotopic (exact) mass is 399 g/mol. The first-order valence-corrected chi connectivity index (χ1v) is 11.3. The summed E-state index contributed by atoms with van der Waals surface area (Å²) in [6.45, 7) is 6.49. The third kappa shape index (κ3) is 5.16. The summed E-state index contributed by atoms with van der Waals surface area (Å²) in [4.78, 5) is 15.2. The highest BCUT2D eigenvalue weighted by Crippen LogP contribution is 2.20. The highest BCUT2D eigenvalue weighted by atomic mass is 32.2. The molecule has 0 saturated carbocycles. The van der Waals surface area contributed by atoms with Gasteiger partial charge in [-0.05, 0) is 42.9 Å². The molecule has 1 aromatic heterocycles. The average Bonchev–Trinajstić information content (AvgIpc) is 2.76. The van der Waals surface area contributed by atoms with Crippen LogP contribution in [0.3, 0.4) is 0 Å². The molecule has 0 radical (unpaired) electrons. The van der Waals surface area contributed by atoms with E-state index >= 15 is 0 Å². The minimum atomic E-state index is 0.475. The molecular weight excluding hydrogens is 370 g/mol. The maximum atomic E-state index is 5.42. The molecule has 2 aromatic rings. The van der Waals surface area contributed by atoms with Crippen molar-refractivity contribution in [2.75, 3.05) is 55.9 Å². The topological polar surface area (TPSA) is 53.5 Å². The van der Waals surface area contributed by atoms with Crippen molar-refractivity contribution in [1.82, 2.24) is 14.9 Å². The van der Waals surface area contributed by atoms with Crippen LogP contribution in [0, 0.1) is 0 Å². The number of aromatic nitrogens is 2. The van der Waals surface area contributed by atoms with Crippen molar-refractivity contribution in [2.45, 2.75) is 30.3 Å². The van der Waals surface area contributed by atoms with Gasteiger partial charge in [0, 0.05) is 49.9 Å². The number of ether oxygens (including phenoxy) is 1. The molecule has 0 atom stereocenters. The number of morpholine rings is 1. The fourth-order valence-electron chi connectivity index (χ4n) is 3.78. The number of nitrogens with one attached hydrogen (secondary N) is 1. The molecule has 0 unspecified atom stereocenters. The SMILES string of the molecule is CSc1ccc(CN2CCC(Nc3ccnc(N4CCOCC4)n3)CC2)cc1. The van der Waals surface area contributed by atoms with Crippen molar-refractivity contribution in [3.05, 3.63) is 42.1 Å². The van der Waals surface area contributed by atoms with Gasteiger partial charge in [0.25, 0.3) is 0 Å². The van der Waals surface area contributed by atoms with E-state index in [1.165, 1.54) is 10.5 Å². The van der Waals surface area contributed by atoms with Gasteiger partial charge in [-0.2, -0.15) is 4.98 Å². The standard InChI is InChI=1S/C21H29N5OS/c1-28-19-4-2-17(3-5-19)16-25-10-7-18(8-11-25)23-20-6-9-22-21(24-20)26-12-14-27-15-13-26/h2-6,9,18H,7-8,10-16H2,1H3,(H,22,23,24). The Morgan fingerprint density at radius 2 is 1.82 bits per heavy atom. The van der Waals surface area contributed by atoms with Gasteiger partial charge in [-0.3, -0.25) is 4.90 Å². The average molecular weight is 400 g/mol. The lowest BCUT2D eigenvalue weighted by Gasteiger charge is -2.33. The van der Waals surface area contributed by atoms with E-state index < -0.39 is 0 Å². The second-order valence-electron chi connectivity index (χ2n) is 7.38. The second-order valence-corrected chi connectivity index (χ2v) is 8.26. The molecule has 4 rings (SSSR count). The van der Waals surface area contributed by atoms with Crippen LogP contribution in [0.5, 0.6) is 0 Å². The summed E-state index contributed by atoms with van der Waals surface area (Å²) < 4.78 is 5.42. The maximum absolute atomic E-state index is 5.42. The van der Waals surface area contributed by atoms with Crippen LogP contribution in [-0.4, -0.2) is 66.6 Å². The van der Waals surface area contributed by atoms with Crippen molar-refractivity contribution in [2.24, 2.45) is 0 Å². The molecule has 1 N–H and O–H groups in total. The van der Waals surface area contributed by atoms with Crippen LogP contribution in [0.2, 0.25) is 0 Å². The van der Waals surface area contributed by atoms with Crippen molar-refractivity contribution < 1.29 is 4.74 Å². The van der Waals surface area contributed by atoms with E-state index in [0.29, 0.717) is 6.04 Å². The first kappa shape index (κ1) is 19.5. The molecule has 0 bridgehead atoms. The molecule has 6 nitrogen and oxygen atoms in total. The normalized spacial score (nSPS) is 19.0. The Balaban J connectivity index is 1.27. The van der Waals surface area contributed by atoms with Crippen molar-refractivity contribution in [1.29, 1.82) is 0 Å². The fourth-order valence-corrected chi connectivity index (χ4v) is 4.19. The Morgan fingerprint density at radius 1 is 1.07 bits per heavy atom. The first-order valence-electron chi connectivity index (χ1n) is 10.1. The minimum Gasteiger partial charge on any atom is -0.378 e. The third-order valence-corrected chi connectivity index (χ3v) is 6.19. The molecule has 2 saturated heterocycles.